The van der Waals surface area contributed by atoms with Gasteiger partial charge in [0.1, 0.15) is 16.4 Å². The number of benzene rings is 1. The largest absolute Gasteiger partial charge is 0.446 e. The van der Waals surface area contributed by atoms with E-state index in [0.717, 1.165) is 11.2 Å². The lowest BCUT2D eigenvalue weighted by molar-refractivity contribution is -0.402. The minimum atomic E-state index is -4.10. The number of furan rings is 1. The van der Waals surface area contributed by atoms with Crippen LogP contribution in [-0.2, 0) is 14.6 Å². The van der Waals surface area contributed by atoms with E-state index >= 15 is 0 Å². The first-order chi connectivity index (χ1) is 12.3. The van der Waals surface area contributed by atoms with Crippen molar-refractivity contribution < 1.29 is 27.3 Å². The first-order valence-electron chi connectivity index (χ1n) is 7.38. The Bertz CT molecular complexity index is 996. The number of hydrogen-bond donors (Lipinski definition) is 0. The van der Waals surface area contributed by atoms with E-state index in [-0.39, 0.29) is 34.3 Å². The van der Waals surface area contributed by atoms with E-state index in [0.29, 0.717) is 0 Å². The number of amides is 1. The zero-order valence-corrected chi connectivity index (χ0v) is 14.3. The Hall–Kier alpha value is -3.21. The normalized spacial score (nSPS) is 14.8. The monoisotopic (exact) mass is 379 g/mol. The number of sulfone groups is 1. The molecule has 0 spiro atoms. The van der Waals surface area contributed by atoms with E-state index in [1.165, 1.54) is 31.2 Å². The molecule has 2 heterocycles. The van der Waals surface area contributed by atoms with Crippen molar-refractivity contribution in [2.75, 3.05) is 13.2 Å². The van der Waals surface area contributed by atoms with Crippen LogP contribution in [0.2, 0.25) is 0 Å². The molecule has 1 aromatic carbocycles. The number of ether oxygens (including phenoxy) is 1. The van der Waals surface area contributed by atoms with Crippen LogP contribution in [0.5, 0.6) is 0 Å². The zero-order chi connectivity index (χ0) is 18.9. The van der Waals surface area contributed by atoms with E-state index in [1.54, 1.807) is 6.07 Å². The van der Waals surface area contributed by atoms with Gasteiger partial charge in [-0.3, -0.25) is 10.1 Å². The lowest BCUT2D eigenvalue weighted by Crippen LogP contribution is -2.17. The average Bonchev–Trinajstić information content (AvgIpc) is 3.17. The summed E-state index contributed by atoms with van der Waals surface area (Å²) in [7, 11) is -4.10. The topological polar surface area (TPSA) is 132 Å². The molecular formula is C15H13N3O7S. The quantitative estimate of drug-likeness (QED) is 0.441. The number of hydrazone groups is 1. The molecule has 0 bridgehead atoms. The molecule has 1 aliphatic heterocycles. The summed E-state index contributed by atoms with van der Waals surface area (Å²) in [5, 5.41) is 15.9. The molecule has 136 valence electrons. The molecule has 0 aliphatic carbocycles. The third kappa shape index (κ3) is 3.04. The molecule has 1 aliphatic rings. The number of cyclic esters (lactones) is 1. The van der Waals surface area contributed by atoms with Crippen LogP contribution in [-0.4, -0.2) is 43.8 Å². The van der Waals surface area contributed by atoms with Gasteiger partial charge in [-0.15, -0.1) is 0 Å². The van der Waals surface area contributed by atoms with Crippen molar-refractivity contribution in [3.63, 3.8) is 0 Å². The molecule has 3 rings (SSSR count). The van der Waals surface area contributed by atoms with Gasteiger partial charge in [0.05, 0.1) is 23.2 Å². The van der Waals surface area contributed by atoms with Crippen LogP contribution in [0.3, 0.4) is 0 Å². The number of hydrogen-bond acceptors (Lipinski definition) is 8. The van der Waals surface area contributed by atoms with Crippen LogP contribution in [0.15, 0.2) is 49.6 Å². The molecule has 0 atom stereocenters. The minimum Gasteiger partial charge on any atom is -0.446 e. The van der Waals surface area contributed by atoms with Crippen molar-refractivity contribution in [1.29, 1.82) is 0 Å². The molecule has 1 fully saturated rings. The van der Waals surface area contributed by atoms with E-state index in [9.17, 15) is 23.3 Å². The van der Waals surface area contributed by atoms with Gasteiger partial charge in [0, 0.05) is 0 Å². The van der Waals surface area contributed by atoms with Crippen molar-refractivity contribution >= 4 is 28.0 Å². The maximum atomic E-state index is 12.9. The van der Waals surface area contributed by atoms with Gasteiger partial charge in [0.25, 0.3) is 0 Å². The molecule has 2 aromatic rings. The molecule has 10 nitrogen and oxygen atoms in total. The average molecular weight is 379 g/mol. The Labute approximate surface area is 147 Å². The maximum absolute atomic E-state index is 12.9. The molecule has 11 heteroatoms. The summed E-state index contributed by atoms with van der Waals surface area (Å²) in [4.78, 5) is 21.3. The summed E-state index contributed by atoms with van der Waals surface area (Å²) in [5.41, 5.74) is -0.149. The fourth-order valence-corrected chi connectivity index (χ4v) is 4.03. The fourth-order valence-electron chi connectivity index (χ4n) is 2.43. The Morgan fingerprint density at radius 3 is 2.58 bits per heavy atom. The highest BCUT2D eigenvalue weighted by atomic mass is 32.2. The lowest BCUT2D eigenvalue weighted by atomic mass is 10.3. The van der Waals surface area contributed by atoms with Gasteiger partial charge in [-0.25, -0.2) is 13.2 Å². The van der Waals surface area contributed by atoms with Crippen molar-refractivity contribution in [3.8, 4) is 0 Å². The molecule has 1 aromatic heterocycles. The second-order valence-corrected chi connectivity index (χ2v) is 7.17. The van der Waals surface area contributed by atoms with Gasteiger partial charge in [0.2, 0.25) is 9.84 Å². The molecule has 0 unspecified atom stereocenters. The zero-order valence-electron chi connectivity index (χ0n) is 13.5. The Kier molecular flexibility index (Phi) is 4.47. The smallest absolute Gasteiger partial charge is 0.437 e. The summed E-state index contributed by atoms with van der Waals surface area (Å²) in [5.74, 6) is -1.04. The van der Waals surface area contributed by atoms with Gasteiger partial charge < -0.3 is 9.15 Å². The van der Waals surface area contributed by atoms with Crippen LogP contribution in [0.1, 0.15) is 11.3 Å². The summed E-state index contributed by atoms with van der Waals surface area (Å²) in [6.07, 6.45) is 0.258. The summed E-state index contributed by atoms with van der Waals surface area (Å²) in [6.45, 7) is 1.60. The second-order valence-electron chi connectivity index (χ2n) is 5.28. The van der Waals surface area contributed by atoms with Crippen molar-refractivity contribution in [2.45, 2.75) is 16.7 Å². The number of nitrogens with zero attached hydrogens (tertiary/aromatic N) is 3. The van der Waals surface area contributed by atoms with Crippen molar-refractivity contribution in [1.82, 2.24) is 5.01 Å². The summed E-state index contributed by atoms with van der Waals surface area (Å²) >= 11 is 0. The maximum Gasteiger partial charge on any atom is 0.437 e. The van der Waals surface area contributed by atoms with Crippen LogP contribution in [0.4, 0.5) is 10.7 Å². The Morgan fingerprint density at radius 2 is 2.00 bits per heavy atom. The molecule has 26 heavy (non-hydrogen) atoms. The van der Waals surface area contributed by atoms with Crippen molar-refractivity contribution in [3.05, 3.63) is 51.8 Å². The molecule has 1 amide bonds. The molecule has 0 N–H and O–H groups in total. The third-order valence-corrected chi connectivity index (χ3v) is 5.57. The number of nitro groups is 1. The summed E-state index contributed by atoms with van der Waals surface area (Å²) in [6, 6.07) is 7.44. The van der Waals surface area contributed by atoms with Crippen LogP contribution < -0.4 is 0 Å². The first kappa shape index (κ1) is 17.6. The highest BCUT2D eigenvalue weighted by molar-refractivity contribution is 7.91. The third-order valence-electron chi connectivity index (χ3n) is 3.63. The number of carbonyl (C=O) groups excluding carboxylic acids is 1. The predicted molar refractivity (Wildman–Crippen MR) is 87.6 cm³/mol. The Balaban J connectivity index is 2.13. The molecule has 0 radical (unpaired) electrons. The van der Waals surface area contributed by atoms with Crippen LogP contribution >= 0.6 is 0 Å². The number of carbonyl (C=O) groups is 1. The second kappa shape index (κ2) is 6.59. The van der Waals surface area contributed by atoms with Crippen molar-refractivity contribution in [2.24, 2.45) is 5.10 Å². The van der Waals surface area contributed by atoms with E-state index in [2.05, 4.69) is 5.10 Å². The van der Waals surface area contributed by atoms with Gasteiger partial charge in [-0.1, -0.05) is 18.2 Å². The van der Waals surface area contributed by atoms with Crippen LogP contribution in [0, 0.1) is 17.0 Å². The highest BCUT2D eigenvalue weighted by Gasteiger charge is 2.34. The summed E-state index contributed by atoms with van der Waals surface area (Å²) < 4.78 is 35.7. The van der Waals surface area contributed by atoms with Gasteiger partial charge in [-0.2, -0.15) is 10.1 Å². The van der Waals surface area contributed by atoms with E-state index in [4.69, 9.17) is 9.15 Å². The molecular weight excluding hydrogens is 366 g/mol. The lowest BCUT2D eigenvalue weighted by Gasteiger charge is -2.05. The minimum absolute atomic E-state index is 0.0472. The van der Waals surface area contributed by atoms with Crippen LogP contribution in [0.25, 0.3) is 0 Å². The van der Waals surface area contributed by atoms with Gasteiger partial charge in [-0.05, 0) is 19.1 Å². The van der Waals surface area contributed by atoms with Gasteiger partial charge in [0.15, 0.2) is 5.76 Å². The standard InChI is InChI=1S/C15H13N3O7S/c1-10-13(26(22,23)11-5-3-2-4-6-11)12(25-14(10)18(20)21)9-16-17-7-8-24-15(17)19/h2-6,9H,7-8H2,1H3/b16-9+. The van der Waals surface area contributed by atoms with Gasteiger partial charge >= 0.3 is 12.0 Å². The first-order valence-corrected chi connectivity index (χ1v) is 8.87. The molecule has 0 saturated carbocycles. The predicted octanol–water partition coefficient (Wildman–Crippen LogP) is 2.12. The highest BCUT2D eigenvalue weighted by Crippen LogP contribution is 2.34. The van der Waals surface area contributed by atoms with E-state index < -0.39 is 26.7 Å². The SMILES string of the molecule is Cc1c([N+](=O)[O-])oc(/C=N/N2CCOC2=O)c1S(=O)(=O)c1ccccc1. The van der Waals surface area contributed by atoms with E-state index in [1.807, 2.05) is 0 Å². The molecule has 1 saturated heterocycles. The Morgan fingerprint density at radius 1 is 1.31 bits per heavy atom. The number of rotatable bonds is 5. The fraction of sp³-hybridized carbons (Fsp3) is 0.200.